The number of ether oxygens (including phenoxy) is 1. The van der Waals surface area contributed by atoms with Crippen LogP contribution in [-0.2, 0) is 16.0 Å². The number of halogens is 2. The molecule has 1 heterocycles. The lowest BCUT2D eigenvalue weighted by Crippen LogP contribution is -2.28. The van der Waals surface area contributed by atoms with Gasteiger partial charge in [-0.15, -0.1) is 0 Å². The Labute approximate surface area is 185 Å². The Kier molecular flexibility index (Phi) is 9.30. The molecule has 1 saturated heterocycles. The zero-order chi connectivity index (χ0) is 22.2. The maximum Gasteiger partial charge on any atom is 0.309 e. The molecule has 3 nitrogen and oxygen atoms in total. The highest BCUT2D eigenvalue weighted by Crippen LogP contribution is 2.39. The second kappa shape index (κ2) is 11.9. The molecule has 2 unspecified atom stereocenters. The minimum absolute atomic E-state index is 0.0657. The molecule has 2 atom stereocenters. The van der Waals surface area contributed by atoms with Gasteiger partial charge >= 0.3 is 5.97 Å². The Morgan fingerprint density at radius 3 is 2.29 bits per heavy atom. The molecule has 174 valence electrons. The van der Waals surface area contributed by atoms with Crippen molar-refractivity contribution in [1.82, 2.24) is 0 Å². The monoisotopic (exact) mass is 436 g/mol. The van der Waals surface area contributed by atoms with E-state index < -0.39 is 17.7 Å². The molecule has 0 aromatic heterocycles. The van der Waals surface area contributed by atoms with Gasteiger partial charge in [0.05, 0.1) is 5.92 Å². The summed E-state index contributed by atoms with van der Waals surface area (Å²) in [4.78, 5) is 12.5. The molecule has 0 radical (unpaired) electrons. The van der Waals surface area contributed by atoms with Crippen LogP contribution in [0.5, 0.6) is 0 Å². The Balaban J connectivity index is 1.44. The minimum Gasteiger partial charge on any atom is -0.457 e. The SMILES string of the molecule is CCCCCC1CCC(CCC2CCC(c3ccc(CCO)c(F)c3F)OC2=O)CC1. The predicted octanol–water partition coefficient (Wildman–Crippen LogP) is 6.66. The molecule has 1 aliphatic carbocycles. The third-order valence-electron chi connectivity index (χ3n) is 7.39. The summed E-state index contributed by atoms with van der Waals surface area (Å²) in [6.45, 7) is 2.01. The topological polar surface area (TPSA) is 46.5 Å². The van der Waals surface area contributed by atoms with Crippen molar-refractivity contribution in [3.63, 3.8) is 0 Å². The fraction of sp³-hybridized carbons (Fsp3) is 0.731. The number of carbonyl (C=O) groups excluding carboxylic acids is 1. The zero-order valence-corrected chi connectivity index (χ0v) is 18.9. The van der Waals surface area contributed by atoms with E-state index in [4.69, 9.17) is 9.84 Å². The lowest BCUT2D eigenvalue weighted by atomic mass is 9.77. The van der Waals surface area contributed by atoms with Crippen LogP contribution in [0.4, 0.5) is 8.78 Å². The number of unbranched alkanes of at least 4 members (excludes halogenated alkanes) is 2. The minimum atomic E-state index is -0.960. The van der Waals surface area contributed by atoms with E-state index in [2.05, 4.69) is 6.92 Å². The van der Waals surface area contributed by atoms with Gasteiger partial charge in [-0.05, 0) is 49.5 Å². The number of benzene rings is 1. The molecule has 1 aliphatic heterocycles. The lowest BCUT2D eigenvalue weighted by Gasteiger charge is -2.31. The van der Waals surface area contributed by atoms with E-state index >= 15 is 0 Å². The van der Waals surface area contributed by atoms with Gasteiger partial charge in [-0.1, -0.05) is 70.4 Å². The fourth-order valence-electron chi connectivity index (χ4n) is 5.34. The second-order valence-corrected chi connectivity index (χ2v) is 9.58. The van der Waals surface area contributed by atoms with Gasteiger partial charge in [-0.2, -0.15) is 0 Å². The molecular formula is C26H38F2O3. The number of rotatable bonds is 10. The summed E-state index contributed by atoms with van der Waals surface area (Å²) in [7, 11) is 0. The molecular weight excluding hydrogens is 398 g/mol. The summed E-state index contributed by atoms with van der Waals surface area (Å²) in [6, 6.07) is 2.96. The maximum atomic E-state index is 14.5. The quantitative estimate of drug-likeness (QED) is 0.329. The van der Waals surface area contributed by atoms with Crippen LogP contribution in [0.15, 0.2) is 12.1 Å². The van der Waals surface area contributed by atoms with E-state index in [0.29, 0.717) is 18.8 Å². The maximum absolute atomic E-state index is 14.5. The normalized spacial score (nSPS) is 26.6. The van der Waals surface area contributed by atoms with E-state index in [-0.39, 0.29) is 36.0 Å². The first-order valence-corrected chi connectivity index (χ1v) is 12.3. The molecule has 2 aliphatic rings. The first kappa shape index (κ1) is 24.2. The number of esters is 1. The van der Waals surface area contributed by atoms with Crippen molar-refractivity contribution in [3.8, 4) is 0 Å². The highest BCUT2D eigenvalue weighted by Gasteiger charge is 2.33. The number of hydrogen-bond donors (Lipinski definition) is 1. The standard InChI is InChI=1S/C26H38F2O3/c1-2-3-4-5-18-6-8-19(9-7-18)10-11-21-13-15-23(31-26(21)30)22-14-12-20(16-17-29)24(27)25(22)28/h12,14,18-19,21,23,29H,2-11,13,15-17H2,1H3. The van der Waals surface area contributed by atoms with Crippen LogP contribution in [0.3, 0.4) is 0 Å². The summed E-state index contributed by atoms with van der Waals surface area (Å²) in [5.74, 6) is -0.711. The van der Waals surface area contributed by atoms with Gasteiger partial charge < -0.3 is 9.84 Å². The summed E-state index contributed by atoms with van der Waals surface area (Å²) < 4.78 is 34.2. The van der Waals surface area contributed by atoms with Crippen molar-refractivity contribution < 1.29 is 23.4 Å². The average molecular weight is 437 g/mol. The molecule has 0 amide bonds. The molecule has 31 heavy (non-hydrogen) atoms. The van der Waals surface area contributed by atoms with Crippen molar-refractivity contribution in [1.29, 1.82) is 0 Å². The molecule has 3 rings (SSSR count). The Hall–Kier alpha value is -1.49. The summed E-state index contributed by atoms with van der Waals surface area (Å²) in [5, 5.41) is 8.96. The van der Waals surface area contributed by atoms with Crippen LogP contribution in [0.2, 0.25) is 0 Å². The molecule has 5 heteroatoms. The van der Waals surface area contributed by atoms with Crippen molar-refractivity contribution in [2.24, 2.45) is 17.8 Å². The second-order valence-electron chi connectivity index (χ2n) is 9.58. The molecule has 2 fully saturated rings. The van der Waals surface area contributed by atoms with E-state index in [9.17, 15) is 13.6 Å². The largest absolute Gasteiger partial charge is 0.457 e. The van der Waals surface area contributed by atoms with Gasteiger partial charge in [0, 0.05) is 12.2 Å². The van der Waals surface area contributed by atoms with Crippen molar-refractivity contribution in [2.45, 2.75) is 96.5 Å². The summed E-state index contributed by atoms with van der Waals surface area (Å²) in [6.07, 6.45) is 13.0. The number of carbonyl (C=O) groups is 1. The zero-order valence-electron chi connectivity index (χ0n) is 18.9. The number of aliphatic hydroxyl groups is 1. The van der Waals surface area contributed by atoms with Crippen molar-refractivity contribution in [3.05, 3.63) is 34.9 Å². The first-order chi connectivity index (χ1) is 15.0. The highest BCUT2D eigenvalue weighted by atomic mass is 19.2. The van der Waals surface area contributed by atoms with Crippen LogP contribution in [-0.4, -0.2) is 17.7 Å². The fourth-order valence-corrected chi connectivity index (χ4v) is 5.34. The molecule has 0 spiro atoms. The number of aliphatic hydroxyl groups excluding tert-OH is 1. The Bertz CT molecular complexity index is 713. The summed E-state index contributed by atoms with van der Waals surface area (Å²) in [5.41, 5.74) is 0.247. The van der Waals surface area contributed by atoms with Crippen LogP contribution in [0, 0.1) is 29.4 Å². The van der Waals surface area contributed by atoms with Gasteiger partial charge in [-0.25, -0.2) is 8.78 Å². The van der Waals surface area contributed by atoms with Gasteiger partial charge in [0.1, 0.15) is 6.10 Å². The molecule has 1 saturated carbocycles. The molecule has 1 aromatic rings. The third kappa shape index (κ3) is 6.50. The first-order valence-electron chi connectivity index (χ1n) is 12.3. The van der Waals surface area contributed by atoms with Gasteiger partial charge in [0.2, 0.25) is 0 Å². The average Bonchev–Trinajstić information content (AvgIpc) is 2.77. The third-order valence-corrected chi connectivity index (χ3v) is 7.39. The van der Waals surface area contributed by atoms with Crippen molar-refractivity contribution in [2.75, 3.05) is 6.61 Å². The van der Waals surface area contributed by atoms with Crippen LogP contribution in [0.25, 0.3) is 0 Å². The van der Waals surface area contributed by atoms with E-state index in [1.165, 1.54) is 63.5 Å². The summed E-state index contributed by atoms with van der Waals surface area (Å²) >= 11 is 0. The molecule has 1 N–H and O–H groups in total. The van der Waals surface area contributed by atoms with Crippen LogP contribution in [0.1, 0.15) is 101 Å². The van der Waals surface area contributed by atoms with Crippen LogP contribution >= 0.6 is 0 Å². The predicted molar refractivity (Wildman–Crippen MR) is 118 cm³/mol. The number of hydrogen-bond acceptors (Lipinski definition) is 3. The van der Waals surface area contributed by atoms with E-state index in [1.54, 1.807) is 0 Å². The van der Waals surface area contributed by atoms with Gasteiger partial charge in [-0.3, -0.25) is 4.79 Å². The van der Waals surface area contributed by atoms with Crippen LogP contribution < -0.4 is 0 Å². The van der Waals surface area contributed by atoms with Gasteiger partial charge in [0.25, 0.3) is 0 Å². The smallest absolute Gasteiger partial charge is 0.309 e. The highest BCUT2D eigenvalue weighted by molar-refractivity contribution is 5.73. The van der Waals surface area contributed by atoms with Crippen molar-refractivity contribution >= 4 is 5.97 Å². The Morgan fingerprint density at radius 1 is 0.935 bits per heavy atom. The Morgan fingerprint density at radius 2 is 1.65 bits per heavy atom. The number of cyclic esters (lactones) is 1. The molecule has 0 bridgehead atoms. The molecule has 1 aromatic carbocycles. The van der Waals surface area contributed by atoms with E-state index in [0.717, 1.165) is 18.8 Å². The lowest BCUT2D eigenvalue weighted by molar-refractivity contribution is -0.161. The van der Waals surface area contributed by atoms with Gasteiger partial charge in [0.15, 0.2) is 11.6 Å². The van der Waals surface area contributed by atoms with E-state index in [1.807, 2.05) is 0 Å².